The first kappa shape index (κ1) is 19.2. The molecule has 1 aromatic rings. The van der Waals surface area contributed by atoms with Gasteiger partial charge in [-0.05, 0) is 43.7 Å². The Morgan fingerprint density at radius 3 is 2.64 bits per heavy atom. The molecule has 2 saturated heterocycles. The lowest BCUT2D eigenvalue weighted by Crippen LogP contribution is -2.49. The Morgan fingerprint density at radius 2 is 1.96 bits per heavy atom. The molecular formula is C22H30N2O4. The monoisotopic (exact) mass is 386 g/mol. The minimum Gasteiger partial charge on any atom is -0.496 e. The molecule has 1 aromatic carbocycles. The van der Waals surface area contributed by atoms with Crippen molar-refractivity contribution < 1.29 is 19.1 Å². The third kappa shape index (κ3) is 3.88. The number of para-hydroxylation sites is 1. The van der Waals surface area contributed by atoms with E-state index in [2.05, 4.69) is 0 Å². The topological polar surface area (TPSA) is 59.1 Å². The van der Waals surface area contributed by atoms with Crippen LogP contribution in [0.1, 0.15) is 48.9 Å². The van der Waals surface area contributed by atoms with Crippen LogP contribution in [0.25, 0.3) is 0 Å². The van der Waals surface area contributed by atoms with E-state index < -0.39 is 5.60 Å². The Bertz CT molecular complexity index is 723. The highest BCUT2D eigenvalue weighted by molar-refractivity contribution is 5.97. The molecule has 6 heteroatoms. The van der Waals surface area contributed by atoms with Crippen LogP contribution in [0.5, 0.6) is 5.75 Å². The number of hydrogen-bond donors (Lipinski definition) is 0. The summed E-state index contributed by atoms with van der Waals surface area (Å²) >= 11 is 0. The molecule has 0 N–H and O–H groups in total. The molecule has 1 aliphatic carbocycles. The highest BCUT2D eigenvalue weighted by Crippen LogP contribution is 2.34. The highest BCUT2D eigenvalue weighted by atomic mass is 16.5. The minimum absolute atomic E-state index is 0.0149. The van der Waals surface area contributed by atoms with Crippen molar-refractivity contribution in [3.63, 3.8) is 0 Å². The van der Waals surface area contributed by atoms with E-state index in [-0.39, 0.29) is 11.8 Å². The van der Waals surface area contributed by atoms with Gasteiger partial charge in [-0.2, -0.15) is 0 Å². The van der Waals surface area contributed by atoms with E-state index in [1.165, 1.54) is 19.3 Å². The summed E-state index contributed by atoms with van der Waals surface area (Å²) in [5, 5.41) is 0. The van der Waals surface area contributed by atoms with Crippen molar-refractivity contribution in [1.29, 1.82) is 0 Å². The Balaban J connectivity index is 1.37. The van der Waals surface area contributed by atoms with Crippen molar-refractivity contribution in [3.8, 4) is 5.75 Å². The molecule has 1 spiro atoms. The molecule has 3 fully saturated rings. The summed E-state index contributed by atoms with van der Waals surface area (Å²) in [7, 11) is 1.58. The Hall–Kier alpha value is -2.08. The van der Waals surface area contributed by atoms with Crippen LogP contribution in [0.15, 0.2) is 24.3 Å². The van der Waals surface area contributed by atoms with Gasteiger partial charge in [0.1, 0.15) is 5.75 Å². The van der Waals surface area contributed by atoms with E-state index in [9.17, 15) is 9.59 Å². The molecule has 4 rings (SSSR count). The second kappa shape index (κ2) is 8.11. The van der Waals surface area contributed by atoms with Crippen LogP contribution in [0.2, 0.25) is 0 Å². The molecule has 0 radical (unpaired) electrons. The molecule has 1 saturated carbocycles. The average Bonchev–Trinajstić information content (AvgIpc) is 2.83. The van der Waals surface area contributed by atoms with E-state index in [0.717, 1.165) is 6.54 Å². The summed E-state index contributed by atoms with van der Waals surface area (Å²) < 4.78 is 11.6. The highest BCUT2D eigenvalue weighted by Gasteiger charge is 2.42. The van der Waals surface area contributed by atoms with Gasteiger partial charge in [-0.25, -0.2) is 0 Å². The first-order valence-corrected chi connectivity index (χ1v) is 10.4. The van der Waals surface area contributed by atoms with Crippen molar-refractivity contribution in [2.45, 2.75) is 44.1 Å². The zero-order valence-electron chi connectivity index (χ0n) is 16.7. The number of carbonyl (C=O) groups excluding carboxylic acids is 2. The quantitative estimate of drug-likeness (QED) is 0.798. The molecule has 2 aliphatic heterocycles. The van der Waals surface area contributed by atoms with Gasteiger partial charge in [0, 0.05) is 26.2 Å². The summed E-state index contributed by atoms with van der Waals surface area (Å²) in [6, 6.07) is 7.32. The van der Waals surface area contributed by atoms with Gasteiger partial charge in [-0.3, -0.25) is 9.59 Å². The summed E-state index contributed by atoms with van der Waals surface area (Å²) in [6.45, 7) is 3.39. The summed E-state index contributed by atoms with van der Waals surface area (Å²) in [4.78, 5) is 29.6. The Labute approximate surface area is 166 Å². The molecule has 0 bridgehead atoms. The summed E-state index contributed by atoms with van der Waals surface area (Å²) in [5.74, 6) is 1.48. The number of methoxy groups -OCH3 is 1. The van der Waals surface area contributed by atoms with Gasteiger partial charge in [-0.15, -0.1) is 0 Å². The van der Waals surface area contributed by atoms with Crippen molar-refractivity contribution in [2.75, 3.05) is 39.9 Å². The maximum absolute atomic E-state index is 12.9. The van der Waals surface area contributed by atoms with E-state index in [1.807, 2.05) is 28.0 Å². The van der Waals surface area contributed by atoms with Crippen LogP contribution in [0, 0.1) is 5.92 Å². The summed E-state index contributed by atoms with van der Waals surface area (Å²) in [6.07, 6.45) is 5.64. The van der Waals surface area contributed by atoms with Gasteiger partial charge in [0.2, 0.25) is 5.91 Å². The zero-order chi connectivity index (χ0) is 19.6. The summed E-state index contributed by atoms with van der Waals surface area (Å²) in [5.41, 5.74) is 0.175. The molecule has 0 atom stereocenters. The molecule has 0 aromatic heterocycles. The fraction of sp³-hybridized carbons (Fsp3) is 0.636. The van der Waals surface area contributed by atoms with Crippen LogP contribution >= 0.6 is 0 Å². The number of nitrogens with zero attached hydrogens (tertiary/aromatic N) is 2. The fourth-order valence-electron chi connectivity index (χ4n) is 4.55. The lowest BCUT2D eigenvalue weighted by atomic mass is 9.84. The largest absolute Gasteiger partial charge is 0.496 e. The second-order valence-electron chi connectivity index (χ2n) is 8.34. The third-order valence-corrected chi connectivity index (χ3v) is 6.60. The smallest absolute Gasteiger partial charge is 0.257 e. The molecule has 0 unspecified atom stereocenters. The van der Waals surface area contributed by atoms with Gasteiger partial charge in [0.05, 0.1) is 31.3 Å². The van der Waals surface area contributed by atoms with Crippen molar-refractivity contribution in [3.05, 3.63) is 29.8 Å². The van der Waals surface area contributed by atoms with Gasteiger partial charge >= 0.3 is 0 Å². The van der Waals surface area contributed by atoms with E-state index >= 15 is 0 Å². The third-order valence-electron chi connectivity index (χ3n) is 6.60. The maximum Gasteiger partial charge on any atom is 0.257 e. The molecule has 28 heavy (non-hydrogen) atoms. The van der Waals surface area contributed by atoms with Gasteiger partial charge in [0.25, 0.3) is 5.91 Å². The lowest BCUT2D eigenvalue weighted by molar-refractivity contribution is -0.135. The van der Waals surface area contributed by atoms with E-state index in [0.29, 0.717) is 62.7 Å². The van der Waals surface area contributed by atoms with Crippen LogP contribution in [-0.2, 0) is 9.53 Å². The van der Waals surface area contributed by atoms with Gasteiger partial charge in [-0.1, -0.05) is 18.6 Å². The van der Waals surface area contributed by atoms with Crippen molar-refractivity contribution in [2.24, 2.45) is 5.92 Å². The van der Waals surface area contributed by atoms with Crippen LogP contribution < -0.4 is 4.74 Å². The standard InChI is InChI=1S/C22H30N2O4/c1-27-19-8-3-2-7-18(19)21(26)23-11-9-22(10-12-23)15-20(25)24(13-14-28-22)16-17-5-4-6-17/h2-3,7-8,17H,4-6,9-16H2,1H3. The first-order valence-electron chi connectivity index (χ1n) is 10.4. The zero-order valence-corrected chi connectivity index (χ0v) is 16.7. The van der Waals surface area contributed by atoms with Crippen LogP contribution in [0.4, 0.5) is 0 Å². The van der Waals surface area contributed by atoms with Gasteiger partial charge < -0.3 is 19.3 Å². The molecule has 2 heterocycles. The second-order valence-corrected chi connectivity index (χ2v) is 8.34. The fourth-order valence-corrected chi connectivity index (χ4v) is 4.55. The van der Waals surface area contributed by atoms with E-state index in [4.69, 9.17) is 9.47 Å². The van der Waals surface area contributed by atoms with Crippen LogP contribution in [0.3, 0.4) is 0 Å². The number of amides is 2. The SMILES string of the molecule is COc1ccccc1C(=O)N1CCC2(CC1)CC(=O)N(CC1CCC1)CCO2. The molecular weight excluding hydrogens is 356 g/mol. The number of rotatable bonds is 4. The van der Waals surface area contributed by atoms with Crippen molar-refractivity contribution in [1.82, 2.24) is 9.80 Å². The number of benzene rings is 1. The molecule has 6 nitrogen and oxygen atoms in total. The maximum atomic E-state index is 12.9. The lowest BCUT2D eigenvalue weighted by Gasteiger charge is -2.40. The average molecular weight is 386 g/mol. The Morgan fingerprint density at radius 1 is 1.21 bits per heavy atom. The number of hydrogen-bond acceptors (Lipinski definition) is 4. The number of ether oxygens (including phenoxy) is 2. The normalized spacial score (nSPS) is 22.7. The number of piperidine rings is 1. The van der Waals surface area contributed by atoms with Gasteiger partial charge in [0.15, 0.2) is 0 Å². The predicted octanol–water partition coefficient (Wildman–Crippen LogP) is 2.72. The molecule has 2 amide bonds. The first-order chi connectivity index (χ1) is 13.6. The molecule has 3 aliphatic rings. The Kier molecular flexibility index (Phi) is 5.58. The van der Waals surface area contributed by atoms with Crippen molar-refractivity contribution >= 4 is 11.8 Å². The molecule has 152 valence electrons. The number of carbonyl (C=O) groups is 2. The number of likely N-dealkylation sites (tertiary alicyclic amines) is 1. The van der Waals surface area contributed by atoms with Crippen LogP contribution in [-0.4, -0.2) is 67.1 Å². The minimum atomic E-state index is -0.414. The predicted molar refractivity (Wildman–Crippen MR) is 105 cm³/mol. The van der Waals surface area contributed by atoms with E-state index in [1.54, 1.807) is 13.2 Å².